The zero-order chi connectivity index (χ0) is 18.4. The summed E-state index contributed by atoms with van der Waals surface area (Å²) in [4.78, 5) is 28.2. The number of hydrogen-bond donors (Lipinski definition) is 2. The van der Waals surface area contributed by atoms with E-state index in [0.717, 1.165) is 16.8 Å². The highest BCUT2D eigenvalue weighted by atomic mass is 16.2. The summed E-state index contributed by atoms with van der Waals surface area (Å²) >= 11 is 0. The average molecular weight is 349 g/mol. The molecule has 0 saturated carbocycles. The zero-order valence-electron chi connectivity index (χ0n) is 14.3. The van der Waals surface area contributed by atoms with Crippen molar-refractivity contribution in [1.29, 1.82) is 0 Å². The van der Waals surface area contributed by atoms with E-state index in [4.69, 9.17) is 0 Å². The third-order valence-corrected chi connectivity index (χ3v) is 3.76. The van der Waals surface area contributed by atoms with E-state index < -0.39 is 0 Å². The third-order valence-electron chi connectivity index (χ3n) is 3.76. The van der Waals surface area contributed by atoms with Crippen LogP contribution in [0.4, 0.5) is 0 Å². The molecule has 7 heteroatoms. The monoisotopic (exact) mass is 349 g/mol. The largest absolute Gasteiger partial charge is 0.350 e. The minimum atomic E-state index is -0.275. The number of rotatable bonds is 6. The number of carbonyl (C=O) groups excluding carboxylic acids is 2. The van der Waals surface area contributed by atoms with Gasteiger partial charge in [-0.2, -0.15) is 5.10 Å². The maximum Gasteiger partial charge on any atom is 0.251 e. The lowest BCUT2D eigenvalue weighted by atomic mass is 10.2. The molecule has 0 fully saturated rings. The molecule has 0 aliphatic heterocycles. The summed E-state index contributed by atoms with van der Waals surface area (Å²) in [5.74, 6) is -0.533. The number of amides is 2. The first-order chi connectivity index (χ1) is 12.6. The van der Waals surface area contributed by atoms with Gasteiger partial charge in [0.1, 0.15) is 0 Å². The Labute approximate surface area is 151 Å². The van der Waals surface area contributed by atoms with E-state index in [2.05, 4.69) is 20.7 Å². The summed E-state index contributed by atoms with van der Waals surface area (Å²) in [7, 11) is 1.85. The van der Waals surface area contributed by atoms with Crippen LogP contribution in [-0.4, -0.2) is 33.1 Å². The summed E-state index contributed by atoms with van der Waals surface area (Å²) in [5.41, 5.74) is 3.16. The van der Waals surface area contributed by atoms with Gasteiger partial charge >= 0.3 is 0 Å². The van der Waals surface area contributed by atoms with Gasteiger partial charge in [0.05, 0.1) is 18.4 Å². The van der Waals surface area contributed by atoms with Crippen molar-refractivity contribution in [1.82, 2.24) is 25.4 Å². The van der Waals surface area contributed by atoms with Crippen LogP contribution in [0.2, 0.25) is 0 Å². The number of hydrogen-bond acceptors (Lipinski definition) is 4. The smallest absolute Gasteiger partial charge is 0.251 e. The van der Waals surface area contributed by atoms with E-state index in [0.29, 0.717) is 12.1 Å². The first-order valence-corrected chi connectivity index (χ1v) is 8.16. The van der Waals surface area contributed by atoms with Crippen molar-refractivity contribution in [2.45, 2.75) is 6.54 Å². The Morgan fingerprint density at radius 3 is 2.50 bits per heavy atom. The standard InChI is InChI=1S/C19H19N5O2/c1-24-13-16(11-23-24)17-8-7-14(9-20-17)10-21-18(25)12-22-19(26)15-5-3-2-4-6-15/h2-9,11,13H,10,12H2,1H3,(H,21,25)(H,22,26). The molecule has 0 bridgehead atoms. The van der Waals surface area contributed by atoms with Crippen LogP contribution in [0.1, 0.15) is 15.9 Å². The van der Waals surface area contributed by atoms with Crippen molar-refractivity contribution in [3.63, 3.8) is 0 Å². The Kier molecular flexibility index (Phi) is 5.38. The van der Waals surface area contributed by atoms with Gasteiger partial charge in [-0.15, -0.1) is 0 Å². The molecule has 0 unspecified atom stereocenters. The number of aromatic nitrogens is 3. The summed E-state index contributed by atoms with van der Waals surface area (Å²) < 4.78 is 1.72. The minimum Gasteiger partial charge on any atom is -0.350 e. The van der Waals surface area contributed by atoms with Gasteiger partial charge in [0.2, 0.25) is 5.91 Å². The molecule has 0 radical (unpaired) electrons. The summed E-state index contributed by atoms with van der Waals surface area (Å²) in [5, 5.41) is 9.47. The molecule has 0 spiro atoms. The normalized spacial score (nSPS) is 10.3. The Morgan fingerprint density at radius 2 is 1.85 bits per heavy atom. The van der Waals surface area contributed by atoms with Gasteiger partial charge in [-0.25, -0.2) is 0 Å². The molecular formula is C19H19N5O2. The van der Waals surface area contributed by atoms with Crippen LogP contribution in [0.5, 0.6) is 0 Å². The second-order valence-corrected chi connectivity index (χ2v) is 5.78. The summed E-state index contributed by atoms with van der Waals surface area (Å²) in [6.07, 6.45) is 5.35. The van der Waals surface area contributed by atoms with Crippen LogP contribution >= 0.6 is 0 Å². The second kappa shape index (κ2) is 8.06. The molecule has 0 aliphatic rings. The van der Waals surface area contributed by atoms with E-state index >= 15 is 0 Å². The molecule has 132 valence electrons. The molecule has 26 heavy (non-hydrogen) atoms. The molecule has 2 N–H and O–H groups in total. The lowest BCUT2D eigenvalue weighted by molar-refractivity contribution is -0.120. The Bertz CT molecular complexity index is 888. The van der Waals surface area contributed by atoms with Crippen molar-refractivity contribution in [2.24, 2.45) is 7.05 Å². The van der Waals surface area contributed by atoms with Gasteiger partial charge in [0.25, 0.3) is 5.91 Å². The summed E-state index contributed by atoms with van der Waals surface area (Å²) in [6.45, 7) is 0.273. The number of pyridine rings is 1. The minimum absolute atomic E-state index is 0.0745. The Morgan fingerprint density at radius 1 is 1.04 bits per heavy atom. The third kappa shape index (κ3) is 4.54. The predicted octanol–water partition coefficient (Wildman–Crippen LogP) is 1.53. The molecule has 0 atom stereocenters. The lowest BCUT2D eigenvalue weighted by Crippen LogP contribution is -2.36. The number of aryl methyl sites for hydroxylation is 1. The van der Waals surface area contributed by atoms with Gasteiger partial charge in [-0.1, -0.05) is 24.3 Å². The Hall–Kier alpha value is -3.48. The lowest BCUT2D eigenvalue weighted by Gasteiger charge is -2.07. The number of carbonyl (C=O) groups is 2. The maximum absolute atomic E-state index is 11.9. The molecule has 7 nitrogen and oxygen atoms in total. The molecule has 1 aromatic carbocycles. The van der Waals surface area contributed by atoms with Crippen LogP contribution in [0.25, 0.3) is 11.3 Å². The maximum atomic E-state index is 11.9. The quantitative estimate of drug-likeness (QED) is 0.706. The molecule has 0 aliphatic carbocycles. The van der Waals surface area contributed by atoms with Crippen molar-refractivity contribution in [3.05, 3.63) is 72.2 Å². The highest BCUT2D eigenvalue weighted by Crippen LogP contribution is 2.15. The first-order valence-electron chi connectivity index (χ1n) is 8.16. The highest BCUT2D eigenvalue weighted by molar-refractivity contribution is 5.96. The number of benzene rings is 1. The van der Waals surface area contributed by atoms with Crippen molar-refractivity contribution in [3.8, 4) is 11.3 Å². The fraction of sp³-hybridized carbons (Fsp3) is 0.158. The number of nitrogens with one attached hydrogen (secondary N) is 2. The molecule has 2 aromatic heterocycles. The van der Waals surface area contributed by atoms with Crippen molar-refractivity contribution >= 4 is 11.8 Å². The number of nitrogens with zero attached hydrogens (tertiary/aromatic N) is 3. The van der Waals surface area contributed by atoms with E-state index in [1.54, 1.807) is 41.3 Å². The molecule has 2 heterocycles. The summed E-state index contributed by atoms with van der Waals surface area (Å²) in [6, 6.07) is 12.6. The van der Waals surface area contributed by atoms with Gasteiger partial charge < -0.3 is 10.6 Å². The van der Waals surface area contributed by atoms with Gasteiger partial charge in [0.15, 0.2) is 0 Å². The average Bonchev–Trinajstić information content (AvgIpc) is 3.12. The van der Waals surface area contributed by atoms with Crippen LogP contribution in [-0.2, 0) is 18.4 Å². The van der Waals surface area contributed by atoms with Gasteiger partial charge in [0, 0.05) is 37.1 Å². The fourth-order valence-electron chi connectivity index (χ4n) is 2.37. The molecule has 3 aromatic rings. The highest BCUT2D eigenvalue weighted by Gasteiger charge is 2.08. The SMILES string of the molecule is Cn1cc(-c2ccc(CNC(=O)CNC(=O)c3ccccc3)cn2)cn1. The van der Waals surface area contributed by atoms with E-state index in [-0.39, 0.29) is 18.4 Å². The van der Waals surface area contributed by atoms with Gasteiger partial charge in [-0.05, 0) is 23.8 Å². The molecule has 0 saturated heterocycles. The van der Waals surface area contributed by atoms with Crippen LogP contribution in [0.15, 0.2) is 61.1 Å². The molecule has 2 amide bonds. The van der Waals surface area contributed by atoms with Crippen LogP contribution < -0.4 is 10.6 Å². The van der Waals surface area contributed by atoms with E-state index in [1.165, 1.54) is 0 Å². The van der Waals surface area contributed by atoms with Crippen LogP contribution in [0.3, 0.4) is 0 Å². The second-order valence-electron chi connectivity index (χ2n) is 5.78. The first kappa shape index (κ1) is 17.3. The van der Waals surface area contributed by atoms with E-state index in [9.17, 15) is 9.59 Å². The van der Waals surface area contributed by atoms with E-state index in [1.807, 2.05) is 31.4 Å². The van der Waals surface area contributed by atoms with Crippen LogP contribution in [0, 0.1) is 0 Å². The fourth-order valence-corrected chi connectivity index (χ4v) is 2.37. The van der Waals surface area contributed by atoms with Gasteiger partial charge in [-0.3, -0.25) is 19.3 Å². The molecular weight excluding hydrogens is 330 g/mol. The molecule has 3 rings (SSSR count). The Balaban J connectivity index is 1.46. The topological polar surface area (TPSA) is 88.9 Å². The predicted molar refractivity (Wildman–Crippen MR) is 97.1 cm³/mol. The zero-order valence-corrected chi connectivity index (χ0v) is 14.3. The van der Waals surface area contributed by atoms with Crippen molar-refractivity contribution < 1.29 is 9.59 Å². The van der Waals surface area contributed by atoms with Crippen molar-refractivity contribution in [2.75, 3.05) is 6.54 Å².